The van der Waals surface area contributed by atoms with Gasteiger partial charge in [-0.3, -0.25) is 0 Å². The Morgan fingerprint density at radius 2 is 2.07 bits per heavy atom. The molecule has 0 aromatic carbocycles. The monoisotopic (exact) mass is 209 g/mol. The molecule has 86 valence electrons. The minimum atomic E-state index is 0.427. The summed E-state index contributed by atoms with van der Waals surface area (Å²) in [7, 11) is 2.04. The fourth-order valence-electron chi connectivity index (χ4n) is 1.43. The summed E-state index contributed by atoms with van der Waals surface area (Å²) < 4.78 is 2.07. The molecule has 0 amide bonds. The van der Waals surface area contributed by atoms with Gasteiger partial charge in [-0.1, -0.05) is 20.8 Å². The highest BCUT2D eigenvalue weighted by atomic mass is 15.0. The number of aryl methyl sites for hydroxylation is 1. The Balaban J connectivity index is 2.10. The predicted molar refractivity (Wildman–Crippen MR) is 63.9 cm³/mol. The molecule has 0 aliphatic rings. The lowest BCUT2D eigenvalue weighted by Gasteiger charge is -2.17. The van der Waals surface area contributed by atoms with Gasteiger partial charge < -0.3 is 9.88 Å². The minimum Gasteiger partial charge on any atom is -0.338 e. The molecule has 3 nitrogen and oxygen atoms in total. The van der Waals surface area contributed by atoms with E-state index in [1.807, 2.05) is 19.4 Å². The van der Waals surface area contributed by atoms with Crippen LogP contribution in [0.4, 0.5) is 0 Å². The Kier molecular flexibility index (Phi) is 4.33. The van der Waals surface area contributed by atoms with Gasteiger partial charge in [0.05, 0.1) is 0 Å². The first kappa shape index (κ1) is 12.2. The van der Waals surface area contributed by atoms with Gasteiger partial charge in [0.1, 0.15) is 5.82 Å². The zero-order valence-electron chi connectivity index (χ0n) is 10.4. The van der Waals surface area contributed by atoms with Crippen LogP contribution >= 0.6 is 0 Å². The second kappa shape index (κ2) is 5.31. The zero-order valence-corrected chi connectivity index (χ0v) is 10.4. The van der Waals surface area contributed by atoms with E-state index in [9.17, 15) is 0 Å². The highest BCUT2D eigenvalue weighted by Crippen LogP contribution is 2.16. The van der Waals surface area contributed by atoms with Crippen molar-refractivity contribution in [3.05, 3.63) is 18.2 Å². The number of nitrogens with zero attached hydrogens (tertiary/aromatic N) is 2. The Morgan fingerprint density at radius 1 is 1.33 bits per heavy atom. The SMILES string of the molecule is Cn1ccnc1CCNCCC(C)(C)C. The summed E-state index contributed by atoms with van der Waals surface area (Å²) in [5.41, 5.74) is 0.427. The molecule has 0 saturated heterocycles. The van der Waals surface area contributed by atoms with Crippen molar-refractivity contribution in [2.24, 2.45) is 12.5 Å². The first-order valence-electron chi connectivity index (χ1n) is 5.66. The molecule has 1 rings (SSSR count). The van der Waals surface area contributed by atoms with E-state index >= 15 is 0 Å². The van der Waals surface area contributed by atoms with Crippen LogP contribution in [0.15, 0.2) is 12.4 Å². The lowest BCUT2D eigenvalue weighted by Crippen LogP contribution is -2.23. The smallest absolute Gasteiger partial charge is 0.109 e. The fourth-order valence-corrected chi connectivity index (χ4v) is 1.43. The molecule has 0 radical (unpaired) electrons. The van der Waals surface area contributed by atoms with Crippen LogP contribution in [0.2, 0.25) is 0 Å². The first-order valence-corrected chi connectivity index (χ1v) is 5.66. The molecule has 0 saturated carbocycles. The van der Waals surface area contributed by atoms with E-state index in [1.165, 1.54) is 6.42 Å². The van der Waals surface area contributed by atoms with Gasteiger partial charge in [-0.15, -0.1) is 0 Å². The molecule has 0 spiro atoms. The van der Waals surface area contributed by atoms with E-state index in [2.05, 4.69) is 35.6 Å². The maximum Gasteiger partial charge on any atom is 0.109 e. The third-order valence-electron chi connectivity index (χ3n) is 2.50. The van der Waals surface area contributed by atoms with Crippen molar-refractivity contribution < 1.29 is 0 Å². The zero-order chi connectivity index (χ0) is 11.3. The van der Waals surface area contributed by atoms with Gasteiger partial charge >= 0.3 is 0 Å². The van der Waals surface area contributed by atoms with Crippen molar-refractivity contribution in [2.75, 3.05) is 13.1 Å². The third kappa shape index (κ3) is 4.98. The fraction of sp³-hybridized carbons (Fsp3) is 0.750. The average Bonchev–Trinajstić information content (AvgIpc) is 2.49. The normalized spacial score (nSPS) is 12.0. The lowest BCUT2D eigenvalue weighted by molar-refractivity contribution is 0.367. The van der Waals surface area contributed by atoms with E-state index in [-0.39, 0.29) is 0 Å². The van der Waals surface area contributed by atoms with Gasteiger partial charge in [0.2, 0.25) is 0 Å². The predicted octanol–water partition coefficient (Wildman–Crippen LogP) is 1.99. The largest absolute Gasteiger partial charge is 0.338 e. The van der Waals surface area contributed by atoms with Crippen molar-refractivity contribution in [1.82, 2.24) is 14.9 Å². The van der Waals surface area contributed by atoms with Crippen molar-refractivity contribution >= 4 is 0 Å². The summed E-state index contributed by atoms with van der Waals surface area (Å²) in [6.45, 7) is 8.92. The van der Waals surface area contributed by atoms with Crippen LogP contribution in [0.25, 0.3) is 0 Å². The lowest BCUT2D eigenvalue weighted by atomic mass is 9.92. The van der Waals surface area contributed by atoms with Crippen LogP contribution in [0, 0.1) is 5.41 Å². The second-order valence-corrected chi connectivity index (χ2v) is 5.27. The number of imidazole rings is 1. The average molecular weight is 209 g/mol. The molecule has 1 N–H and O–H groups in total. The molecule has 1 aromatic rings. The van der Waals surface area contributed by atoms with Crippen LogP contribution in [-0.4, -0.2) is 22.6 Å². The summed E-state index contributed by atoms with van der Waals surface area (Å²) in [5.74, 6) is 1.15. The van der Waals surface area contributed by atoms with Crippen molar-refractivity contribution in [1.29, 1.82) is 0 Å². The van der Waals surface area contributed by atoms with E-state index in [1.54, 1.807) is 0 Å². The number of aromatic nitrogens is 2. The van der Waals surface area contributed by atoms with E-state index in [0.717, 1.165) is 25.3 Å². The molecule has 1 aromatic heterocycles. The van der Waals surface area contributed by atoms with Crippen LogP contribution in [0.3, 0.4) is 0 Å². The molecule has 3 heteroatoms. The Morgan fingerprint density at radius 3 is 2.60 bits per heavy atom. The maximum absolute atomic E-state index is 4.29. The molecule has 0 aliphatic carbocycles. The Labute approximate surface area is 92.9 Å². The third-order valence-corrected chi connectivity index (χ3v) is 2.50. The summed E-state index contributed by atoms with van der Waals surface area (Å²) >= 11 is 0. The summed E-state index contributed by atoms with van der Waals surface area (Å²) in [5, 5.41) is 3.45. The van der Waals surface area contributed by atoms with Gasteiger partial charge in [0, 0.05) is 32.4 Å². The maximum atomic E-state index is 4.29. The van der Waals surface area contributed by atoms with Gasteiger partial charge in [-0.05, 0) is 18.4 Å². The molecular weight excluding hydrogens is 186 g/mol. The number of nitrogens with one attached hydrogen (secondary N) is 1. The van der Waals surface area contributed by atoms with E-state index in [4.69, 9.17) is 0 Å². The van der Waals surface area contributed by atoms with Gasteiger partial charge in [0.15, 0.2) is 0 Å². The second-order valence-electron chi connectivity index (χ2n) is 5.27. The molecule has 0 atom stereocenters. The topological polar surface area (TPSA) is 29.9 Å². The van der Waals surface area contributed by atoms with Gasteiger partial charge in [0.25, 0.3) is 0 Å². The Bertz CT molecular complexity index is 283. The highest BCUT2D eigenvalue weighted by molar-refractivity contribution is 4.91. The van der Waals surface area contributed by atoms with E-state index in [0.29, 0.717) is 5.41 Å². The quantitative estimate of drug-likeness (QED) is 0.752. The van der Waals surface area contributed by atoms with Crippen molar-refractivity contribution in [3.8, 4) is 0 Å². The molecule has 0 aliphatic heterocycles. The Hall–Kier alpha value is -0.830. The van der Waals surface area contributed by atoms with Crippen LogP contribution < -0.4 is 5.32 Å². The van der Waals surface area contributed by atoms with Crippen LogP contribution in [0.5, 0.6) is 0 Å². The van der Waals surface area contributed by atoms with Gasteiger partial charge in [-0.25, -0.2) is 4.98 Å². The van der Waals surface area contributed by atoms with Crippen LogP contribution in [0.1, 0.15) is 33.0 Å². The molecule has 15 heavy (non-hydrogen) atoms. The molecule has 0 fully saturated rings. The molecule has 0 bridgehead atoms. The number of rotatable bonds is 5. The molecule has 1 heterocycles. The standard InChI is InChI=1S/C12H23N3/c1-12(2,3)6-8-13-7-5-11-14-9-10-15(11)4/h9-10,13H,5-8H2,1-4H3. The van der Waals surface area contributed by atoms with Gasteiger partial charge in [-0.2, -0.15) is 0 Å². The summed E-state index contributed by atoms with van der Waals surface area (Å²) in [4.78, 5) is 4.29. The number of hydrogen-bond acceptors (Lipinski definition) is 2. The summed E-state index contributed by atoms with van der Waals surface area (Å²) in [6, 6.07) is 0. The molecule has 0 unspecified atom stereocenters. The first-order chi connectivity index (χ1) is 6.99. The number of hydrogen-bond donors (Lipinski definition) is 1. The van der Waals surface area contributed by atoms with Crippen molar-refractivity contribution in [3.63, 3.8) is 0 Å². The molecular formula is C12H23N3. The highest BCUT2D eigenvalue weighted by Gasteiger charge is 2.08. The summed E-state index contributed by atoms with van der Waals surface area (Å²) in [6.07, 6.45) is 6.07. The van der Waals surface area contributed by atoms with E-state index < -0.39 is 0 Å². The van der Waals surface area contributed by atoms with Crippen molar-refractivity contribution in [2.45, 2.75) is 33.6 Å². The van der Waals surface area contributed by atoms with Crippen LogP contribution in [-0.2, 0) is 13.5 Å². The minimum absolute atomic E-state index is 0.427.